The summed E-state index contributed by atoms with van der Waals surface area (Å²) < 4.78 is 4.95. The van der Waals surface area contributed by atoms with Crippen LogP contribution in [0.2, 0.25) is 0 Å². The van der Waals surface area contributed by atoms with Gasteiger partial charge in [-0.2, -0.15) is 0 Å². The van der Waals surface area contributed by atoms with Crippen LogP contribution in [0.5, 0.6) is 0 Å². The molecule has 2 saturated heterocycles. The monoisotopic (exact) mass is 170 g/mol. The molecule has 0 aromatic rings. The van der Waals surface area contributed by atoms with E-state index in [9.17, 15) is 4.79 Å². The zero-order valence-corrected chi connectivity index (χ0v) is 7.25. The molecular formula is C8H14N2O2. The van der Waals surface area contributed by atoms with Crippen molar-refractivity contribution in [2.75, 3.05) is 20.2 Å². The highest BCUT2D eigenvalue weighted by molar-refractivity contribution is 5.70. The molecule has 0 spiro atoms. The lowest BCUT2D eigenvalue weighted by molar-refractivity contribution is 0.148. The molecule has 0 saturated carbocycles. The summed E-state index contributed by atoms with van der Waals surface area (Å²) in [4.78, 5) is 13.0. The molecule has 2 aliphatic rings. The van der Waals surface area contributed by atoms with Crippen LogP contribution in [-0.4, -0.2) is 43.3 Å². The molecule has 12 heavy (non-hydrogen) atoms. The summed E-state index contributed by atoms with van der Waals surface area (Å²) in [6.07, 6.45) is 2.07. The van der Waals surface area contributed by atoms with Gasteiger partial charge in [-0.05, 0) is 19.9 Å². The van der Waals surface area contributed by atoms with E-state index in [1.54, 1.807) is 0 Å². The first-order valence-corrected chi connectivity index (χ1v) is 4.42. The van der Waals surface area contributed by atoms with Crippen LogP contribution >= 0.6 is 0 Å². The Labute approximate surface area is 71.9 Å². The van der Waals surface area contributed by atoms with E-state index in [0.717, 1.165) is 19.4 Å². The van der Waals surface area contributed by atoms with Crippen molar-refractivity contribution in [1.82, 2.24) is 10.2 Å². The number of ether oxygens (including phenoxy) is 1. The Morgan fingerprint density at radius 3 is 3.17 bits per heavy atom. The predicted octanol–water partition coefficient (Wildman–Crippen LogP) is 0.189. The van der Waals surface area contributed by atoms with Crippen molar-refractivity contribution in [3.05, 3.63) is 0 Å². The Morgan fingerprint density at radius 2 is 2.42 bits per heavy atom. The topological polar surface area (TPSA) is 41.6 Å². The molecule has 2 heterocycles. The van der Waals surface area contributed by atoms with Crippen molar-refractivity contribution < 1.29 is 9.53 Å². The van der Waals surface area contributed by atoms with Crippen LogP contribution < -0.4 is 5.32 Å². The van der Waals surface area contributed by atoms with Gasteiger partial charge in [-0.25, -0.2) is 4.79 Å². The van der Waals surface area contributed by atoms with E-state index in [1.165, 1.54) is 0 Å². The number of carbonyl (C=O) groups is 1. The molecule has 4 heteroatoms. The SMILES string of the molecule is CNC1CCC2COC(=O)N2C1. The highest BCUT2D eigenvalue weighted by Gasteiger charge is 2.37. The van der Waals surface area contributed by atoms with Crippen LogP contribution in [0.1, 0.15) is 12.8 Å². The van der Waals surface area contributed by atoms with Crippen LogP contribution in [0.25, 0.3) is 0 Å². The molecule has 0 radical (unpaired) electrons. The molecule has 0 aromatic heterocycles. The Hall–Kier alpha value is -0.770. The van der Waals surface area contributed by atoms with Crippen molar-refractivity contribution in [2.45, 2.75) is 24.9 Å². The minimum absolute atomic E-state index is 0.139. The number of hydrogen-bond donors (Lipinski definition) is 1. The number of cyclic esters (lactones) is 1. The number of carbonyl (C=O) groups excluding carboxylic acids is 1. The number of nitrogens with zero attached hydrogens (tertiary/aromatic N) is 1. The summed E-state index contributed by atoms with van der Waals surface area (Å²) >= 11 is 0. The molecule has 1 amide bonds. The fourth-order valence-corrected chi connectivity index (χ4v) is 1.91. The van der Waals surface area contributed by atoms with Gasteiger partial charge >= 0.3 is 6.09 Å². The highest BCUT2D eigenvalue weighted by atomic mass is 16.6. The van der Waals surface area contributed by atoms with E-state index in [-0.39, 0.29) is 6.09 Å². The maximum atomic E-state index is 11.1. The largest absolute Gasteiger partial charge is 0.447 e. The number of amides is 1. The molecule has 68 valence electrons. The second-order valence-corrected chi connectivity index (χ2v) is 3.45. The first kappa shape index (κ1) is 7.86. The summed E-state index contributed by atoms with van der Waals surface area (Å²) in [7, 11) is 1.94. The lowest BCUT2D eigenvalue weighted by atomic mass is 10.0. The van der Waals surface area contributed by atoms with Gasteiger partial charge in [0, 0.05) is 12.6 Å². The van der Waals surface area contributed by atoms with Crippen LogP contribution in [0.15, 0.2) is 0 Å². The van der Waals surface area contributed by atoms with Gasteiger partial charge in [0.25, 0.3) is 0 Å². The average molecular weight is 170 g/mol. The normalized spacial score (nSPS) is 34.8. The molecule has 0 aliphatic carbocycles. The smallest absolute Gasteiger partial charge is 0.410 e. The Morgan fingerprint density at radius 1 is 1.58 bits per heavy atom. The minimum Gasteiger partial charge on any atom is -0.447 e. The van der Waals surface area contributed by atoms with E-state index in [4.69, 9.17) is 4.74 Å². The van der Waals surface area contributed by atoms with Gasteiger partial charge in [0.1, 0.15) is 6.61 Å². The van der Waals surface area contributed by atoms with Crippen LogP contribution in [0.4, 0.5) is 4.79 Å². The van der Waals surface area contributed by atoms with Crippen LogP contribution in [0.3, 0.4) is 0 Å². The Kier molecular flexibility index (Phi) is 1.92. The summed E-state index contributed by atoms with van der Waals surface area (Å²) in [5.74, 6) is 0. The number of rotatable bonds is 1. The maximum Gasteiger partial charge on any atom is 0.410 e. The molecule has 2 unspecified atom stereocenters. The molecular weight excluding hydrogens is 156 g/mol. The molecule has 0 aromatic carbocycles. The van der Waals surface area contributed by atoms with Gasteiger partial charge < -0.3 is 15.0 Å². The quantitative estimate of drug-likeness (QED) is 0.610. The third-order valence-corrected chi connectivity index (χ3v) is 2.75. The molecule has 1 N–H and O–H groups in total. The molecule has 2 fully saturated rings. The zero-order chi connectivity index (χ0) is 8.55. The fourth-order valence-electron chi connectivity index (χ4n) is 1.91. The third kappa shape index (κ3) is 1.16. The average Bonchev–Trinajstić information content (AvgIpc) is 2.47. The Bertz CT molecular complexity index is 195. The van der Waals surface area contributed by atoms with Crippen LogP contribution in [0, 0.1) is 0 Å². The van der Waals surface area contributed by atoms with E-state index >= 15 is 0 Å². The molecule has 2 aliphatic heterocycles. The van der Waals surface area contributed by atoms with E-state index in [2.05, 4.69) is 5.32 Å². The van der Waals surface area contributed by atoms with Gasteiger partial charge in [-0.3, -0.25) is 0 Å². The lowest BCUT2D eigenvalue weighted by Crippen LogP contribution is -2.48. The van der Waals surface area contributed by atoms with E-state index in [1.807, 2.05) is 11.9 Å². The molecule has 2 rings (SSSR count). The molecule has 4 nitrogen and oxygen atoms in total. The number of fused-ring (bicyclic) bond motifs is 1. The van der Waals surface area contributed by atoms with Gasteiger partial charge in [-0.15, -0.1) is 0 Å². The number of nitrogens with one attached hydrogen (secondary N) is 1. The first-order valence-electron chi connectivity index (χ1n) is 4.42. The van der Waals surface area contributed by atoms with Gasteiger partial charge in [0.15, 0.2) is 0 Å². The van der Waals surface area contributed by atoms with Gasteiger partial charge in [-0.1, -0.05) is 0 Å². The van der Waals surface area contributed by atoms with Crippen molar-refractivity contribution in [1.29, 1.82) is 0 Å². The van der Waals surface area contributed by atoms with E-state index < -0.39 is 0 Å². The van der Waals surface area contributed by atoms with E-state index in [0.29, 0.717) is 18.7 Å². The number of piperidine rings is 1. The van der Waals surface area contributed by atoms with Gasteiger partial charge in [0.05, 0.1) is 6.04 Å². The van der Waals surface area contributed by atoms with Gasteiger partial charge in [0.2, 0.25) is 0 Å². The second kappa shape index (κ2) is 2.94. The van der Waals surface area contributed by atoms with Crippen molar-refractivity contribution in [3.63, 3.8) is 0 Å². The second-order valence-electron chi connectivity index (χ2n) is 3.45. The van der Waals surface area contributed by atoms with Crippen molar-refractivity contribution in [3.8, 4) is 0 Å². The molecule has 2 atom stereocenters. The third-order valence-electron chi connectivity index (χ3n) is 2.75. The molecule has 0 bridgehead atoms. The minimum atomic E-state index is -0.139. The Balaban J connectivity index is 2.01. The van der Waals surface area contributed by atoms with Crippen molar-refractivity contribution in [2.24, 2.45) is 0 Å². The summed E-state index contributed by atoms with van der Waals surface area (Å²) in [5.41, 5.74) is 0. The highest BCUT2D eigenvalue weighted by Crippen LogP contribution is 2.23. The first-order chi connectivity index (χ1) is 5.81. The lowest BCUT2D eigenvalue weighted by Gasteiger charge is -2.32. The van der Waals surface area contributed by atoms with Crippen molar-refractivity contribution >= 4 is 6.09 Å². The summed E-state index contributed by atoms with van der Waals surface area (Å²) in [5, 5.41) is 3.19. The standard InChI is InChI=1S/C8H14N2O2/c1-9-6-2-3-7-5-12-8(11)10(7)4-6/h6-7,9H,2-5H2,1H3. The number of likely N-dealkylation sites (N-methyl/N-ethyl adjacent to an activating group) is 1. The van der Waals surface area contributed by atoms with Crippen LogP contribution in [-0.2, 0) is 4.74 Å². The summed E-state index contributed by atoms with van der Waals surface area (Å²) in [6, 6.07) is 0.800. The zero-order valence-electron chi connectivity index (χ0n) is 7.25. The maximum absolute atomic E-state index is 11.1. The predicted molar refractivity (Wildman–Crippen MR) is 43.9 cm³/mol. The summed E-state index contributed by atoms with van der Waals surface area (Å²) in [6.45, 7) is 1.40. The number of hydrogen-bond acceptors (Lipinski definition) is 3. The fraction of sp³-hybridized carbons (Fsp3) is 0.875.